The van der Waals surface area contributed by atoms with Crippen LogP contribution in [0.5, 0.6) is 5.75 Å². The number of carbonyl (C=O) groups is 2. The second-order valence-electron chi connectivity index (χ2n) is 7.97. The third kappa shape index (κ3) is 5.16. The number of aromatic nitrogens is 1. The predicted octanol–water partition coefficient (Wildman–Crippen LogP) is 4.26. The molecule has 7 heteroatoms. The van der Waals surface area contributed by atoms with E-state index in [-0.39, 0.29) is 17.9 Å². The summed E-state index contributed by atoms with van der Waals surface area (Å²) in [7, 11) is 0. The third-order valence-corrected chi connectivity index (χ3v) is 6.52. The van der Waals surface area contributed by atoms with Crippen molar-refractivity contribution in [2.45, 2.75) is 26.3 Å². The number of nitrogens with zero attached hydrogens (tertiary/aromatic N) is 3. The number of rotatable bonds is 6. The minimum atomic E-state index is -0.115. The number of piperazine rings is 1. The first-order valence-corrected chi connectivity index (χ1v) is 11.7. The van der Waals surface area contributed by atoms with E-state index in [9.17, 15) is 9.59 Å². The molecule has 0 aliphatic carbocycles. The van der Waals surface area contributed by atoms with Crippen LogP contribution in [0.2, 0.25) is 0 Å². The molecule has 6 nitrogen and oxygen atoms in total. The summed E-state index contributed by atoms with van der Waals surface area (Å²) >= 11 is 1.37. The van der Waals surface area contributed by atoms with Gasteiger partial charge >= 0.3 is 0 Å². The molecule has 2 amide bonds. The molecule has 0 saturated carbocycles. The Labute approximate surface area is 192 Å². The molecule has 1 fully saturated rings. The van der Waals surface area contributed by atoms with Gasteiger partial charge in [-0.3, -0.25) is 9.59 Å². The van der Waals surface area contributed by atoms with Crippen LogP contribution in [0, 0.1) is 6.92 Å². The van der Waals surface area contributed by atoms with Crippen LogP contribution in [-0.2, 0) is 4.79 Å². The Hall–Kier alpha value is -3.19. The molecule has 0 radical (unpaired) electrons. The van der Waals surface area contributed by atoms with Crippen LogP contribution in [-0.4, -0.2) is 58.9 Å². The molecule has 1 aromatic heterocycles. The summed E-state index contributed by atoms with van der Waals surface area (Å²) in [6.45, 7) is 5.62. The zero-order valence-corrected chi connectivity index (χ0v) is 19.2. The van der Waals surface area contributed by atoms with Gasteiger partial charge in [0.05, 0.1) is 18.3 Å². The lowest BCUT2D eigenvalue weighted by atomic mass is 10.1. The van der Waals surface area contributed by atoms with Crippen molar-refractivity contribution >= 4 is 23.2 Å². The fourth-order valence-electron chi connectivity index (χ4n) is 3.84. The van der Waals surface area contributed by atoms with Gasteiger partial charge in [-0.05, 0) is 19.1 Å². The zero-order chi connectivity index (χ0) is 22.5. The molecular formula is C25H27N3O3S. The lowest BCUT2D eigenvalue weighted by Crippen LogP contribution is -2.56. The van der Waals surface area contributed by atoms with Crippen molar-refractivity contribution in [1.29, 1.82) is 0 Å². The minimum absolute atomic E-state index is 0.0296. The van der Waals surface area contributed by atoms with Crippen LogP contribution in [0.25, 0.3) is 11.3 Å². The number of benzene rings is 2. The average molecular weight is 450 g/mol. The fourth-order valence-corrected chi connectivity index (χ4v) is 4.62. The van der Waals surface area contributed by atoms with E-state index in [0.29, 0.717) is 37.7 Å². The van der Waals surface area contributed by atoms with E-state index < -0.39 is 0 Å². The van der Waals surface area contributed by atoms with Crippen molar-refractivity contribution in [2.24, 2.45) is 0 Å². The van der Waals surface area contributed by atoms with Gasteiger partial charge in [0, 0.05) is 43.9 Å². The topological polar surface area (TPSA) is 62.7 Å². The first kappa shape index (κ1) is 22.0. The Bertz CT molecular complexity index is 1070. The van der Waals surface area contributed by atoms with Crippen molar-refractivity contribution in [3.05, 3.63) is 70.5 Å². The standard InChI is InChI=1S/C25H27N3O3S/c1-18-8-10-20(11-9-18)23-17-32-24(26-23)25(30)28-14-13-27(19(2)29)16-21(28)12-15-31-22-6-4-3-5-7-22/h3-11,17,21H,12-16H2,1-2H3/t21-/m0/s1. The smallest absolute Gasteiger partial charge is 0.283 e. The zero-order valence-electron chi connectivity index (χ0n) is 18.4. The van der Waals surface area contributed by atoms with Crippen LogP contribution in [0.3, 0.4) is 0 Å². The second-order valence-corrected chi connectivity index (χ2v) is 8.83. The number of aryl methyl sites for hydroxylation is 1. The molecule has 1 aliphatic heterocycles. The number of carbonyl (C=O) groups excluding carboxylic acids is 2. The molecule has 0 spiro atoms. The number of para-hydroxylation sites is 1. The van der Waals surface area contributed by atoms with Gasteiger partial charge in [-0.15, -0.1) is 11.3 Å². The van der Waals surface area contributed by atoms with E-state index in [4.69, 9.17) is 4.74 Å². The Morgan fingerprint density at radius 1 is 1.09 bits per heavy atom. The van der Waals surface area contributed by atoms with Crippen molar-refractivity contribution in [2.75, 3.05) is 26.2 Å². The van der Waals surface area contributed by atoms with Crippen LogP contribution >= 0.6 is 11.3 Å². The third-order valence-electron chi connectivity index (χ3n) is 5.69. The van der Waals surface area contributed by atoms with Crippen LogP contribution in [0.4, 0.5) is 0 Å². The Balaban J connectivity index is 1.47. The van der Waals surface area contributed by atoms with Gasteiger partial charge in [-0.25, -0.2) is 4.98 Å². The number of thiazole rings is 1. The predicted molar refractivity (Wildman–Crippen MR) is 126 cm³/mol. The molecule has 3 aromatic rings. The number of ether oxygens (including phenoxy) is 1. The maximum atomic E-state index is 13.3. The molecule has 166 valence electrons. The van der Waals surface area contributed by atoms with Gasteiger partial charge in [0.2, 0.25) is 5.91 Å². The van der Waals surface area contributed by atoms with Gasteiger partial charge < -0.3 is 14.5 Å². The van der Waals surface area contributed by atoms with E-state index >= 15 is 0 Å². The molecule has 0 N–H and O–H groups in total. The Kier molecular flexibility index (Phi) is 6.85. The first-order chi connectivity index (χ1) is 15.5. The van der Waals surface area contributed by atoms with Gasteiger partial charge in [0.1, 0.15) is 5.75 Å². The quantitative estimate of drug-likeness (QED) is 0.564. The average Bonchev–Trinajstić information content (AvgIpc) is 3.30. The summed E-state index contributed by atoms with van der Waals surface area (Å²) < 4.78 is 5.86. The molecule has 0 bridgehead atoms. The second kappa shape index (κ2) is 9.96. The largest absolute Gasteiger partial charge is 0.494 e. The fraction of sp³-hybridized carbons (Fsp3) is 0.320. The highest BCUT2D eigenvalue weighted by atomic mass is 32.1. The van der Waals surface area contributed by atoms with Gasteiger partial charge in [-0.2, -0.15) is 0 Å². The molecular weight excluding hydrogens is 422 g/mol. The molecule has 2 aromatic carbocycles. The summed E-state index contributed by atoms with van der Waals surface area (Å²) in [4.78, 5) is 33.6. The SMILES string of the molecule is CC(=O)N1CCN(C(=O)c2nc(-c3ccc(C)cc3)cs2)[C@@H](CCOc2ccccc2)C1. The number of amides is 2. The first-order valence-electron chi connectivity index (χ1n) is 10.8. The monoisotopic (exact) mass is 449 g/mol. The molecule has 1 atom stereocenters. The minimum Gasteiger partial charge on any atom is -0.494 e. The summed E-state index contributed by atoms with van der Waals surface area (Å²) in [5.41, 5.74) is 2.99. The molecule has 4 rings (SSSR count). The van der Waals surface area contributed by atoms with Crippen molar-refractivity contribution in [1.82, 2.24) is 14.8 Å². The molecule has 32 heavy (non-hydrogen) atoms. The van der Waals surface area contributed by atoms with Crippen LogP contribution in [0.15, 0.2) is 60.0 Å². The van der Waals surface area contributed by atoms with E-state index in [1.165, 1.54) is 16.9 Å². The van der Waals surface area contributed by atoms with E-state index in [2.05, 4.69) is 4.98 Å². The van der Waals surface area contributed by atoms with Crippen LogP contribution < -0.4 is 4.74 Å². The van der Waals surface area contributed by atoms with Crippen molar-refractivity contribution in [3.8, 4) is 17.0 Å². The Morgan fingerprint density at radius 2 is 1.84 bits per heavy atom. The summed E-state index contributed by atoms with van der Waals surface area (Å²) in [6.07, 6.45) is 0.639. The van der Waals surface area contributed by atoms with Crippen LogP contribution in [0.1, 0.15) is 28.7 Å². The lowest BCUT2D eigenvalue weighted by Gasteiger charge is -2.40. The molecule has 2 heterocycles. The van der Waals surface area contributed by atoms with Gasteiger partial charge in [0.25, 0.3) is 5.91 Å². The Morgan fingerprint density at radius 3 is 2.56 bits per heavy atom. The van der Waals surface area contributed by atoms with Crippen molar-refractivity contribution in [3.63, 3.8) is 0 Å². The van der Waals surface area contributed by atoms with E-state index in [1.807, 2.05) is 71.8 Å². The normalized spacial score (nSPS) is 16.1. The summed E-state index contributed by atoms with van der Waals surface area (Å²) in [5, 5.41) is 2.41. The van der Waals surface area contributed by atoms with E-state index in [0.717, 1.165) is 17.0 Å². The van der Waals surface area contributed by atoms with Gasteiger partial charge in [0.15, 0.2) is 5.01 Å². The highest BCUT2D eigenvalue weighted by Gasteiger charge is 2.33. The summed E-state index contributed by atoms with van der Waals surface area (Å²) in [5.74, 6) is 0.746. The maximum Gasteiger partial charge on any atom is 0.283 e. The molecule has 1 aliphatic rings. The van der Waals surface area contributed by atoms with Crippen molar-refractivity contribution < 1.29 is 14.3 Å². The number of hydrogen-bond donors (Lipinski definition) is 0. The summed E-state index contributed by atoms with van der Waals surface area (Å²) in [6, 6.07) is 17.6. The number of hydrogen-bond acceptors (Lipinski definition) is 5. The maximum absolute atomic E-state index is 13.3. The highest BCUT2D eigenvalue weighted by molar-refractivity contribution is 7.12. The van der Waals surface area contributed by atoms with Gasteiger partial charge in [-0.1, -0.05) is 48.0 Å². The lowest BCUT2D eigenvalue weighted by molar-refractivity contribution is -0.131. The molecule has 1 saturated heterocycles. The highest BCUT2D eigenvalue weighted by Crippen LogP contribution is 2.25. The molecule has 0 unspecified atom stereocenters. The van der Waals surface area contributed by atoms with E-state index in [1.54, 1.807) is 11.8 Å².